The van der Waals surface area contributed by atoms with Crippen LogP contribution >= 0.6 is 11.6 Å². The standard InChI is InChI=1S/C19H21ClN2O4/c1-25-16-8-5-14(11-17(16)26-2)19(24)22-12-18(23)21-10-9-13-3-6-15(20)7-4-13/h3-8,11H,9-10,12H2,1-2H3,(H,21,23)(H,22,24). The summed E-state index contributed by atoms with van der Waals surface area (Å²) in [5.74, 6) is 0.364. The lowest BCUT2D eigenvalue weighted by Gasteiger charge is -2.10. The molecule has 0 aromatic heterocycles. The van der Waals surface area contributed by atoms with Crippen molar-refractivity contribution in [3.63, 3.8) is 0 Å². The minimum atomic E-state index is -0.362. The number of amides is 2. The van der Waals surface area contributed by atoms with E-state index in [0.29, 0.717) is 35.1 Å². The summed E-state index contributed by atoms with van der Waals surface area (Å²) in [6.45, 7) is 0.375. The molecule has 0 bridgehead atoms. The molecule has 0 unspecified atom stereocenters. The molecule has 0 aliphatic rings. The number of rotatable bonds is 8. The summed E-state index contributed by atoms with van der Waals surface area (Å²) in [6, 6.07) is 12.2. The second-order valence-electron chi connectivity index (χ2n) is 5.48. The SMILES string of the molecule is COc1ccc(C(=O)NCC(=O)NCCc2ccc(Cl)cc2)cc1OC. The summed E-state index contributed by atoms with van der Waals surface area (Å²) in [4.78, 5) is 24.0. The summed E-state index contributed by atoms with van der Waals surface area (Å²) >= 11 is 5.83. The molecule has 2 amide bonds. The summed E-state index contributed by atoms with van der Waals surface area (Å²) in [5.41, 5.74) is 1.46. The monoisotopic (exact) mass is 376 g/mol. The number of nitrogens with one attached hydrogen (secondary N) is 2. The van der Waals surface area contributed by atoms with Crippen LogP contribution in [0.2, 0.25) is 5.02 Å². The zero-order valence-corrected chi connectivity index (χ0v) is 15.4. The van der Waals surface area contributed by atoms with Crippen molar-refractivity contribution >= 4 is 23.4 Å². The van der Waals surface area contributed by atoms with Crippen LogP contribution in [0, 0.1) is 0 Å². The van der Waals surface area contributed by atoms with Gasteiger partial charge in [0.15, 0.2) is 11.5 Å². The first kappa shape index (κ1) is 19.6. The molecule has 6 nitrogen and oxygen atoms in total. The highest BCUT2D eigenvalue weighted by molar-refractivity contribution is 6.30. The predicted octanol–water partition coefficient (Wildman–Crippen LogP) is 2.45. The van der Waals surface area contributed by atoms with E-state index in [-0.39, 0.29) is 18.4 Å². The van der Waals surface area contributed by atoms with E-state index in [4.69, 9.17) is 21.1 Å². The molecule has 0 radical (unpaired) electrons. The highest BCUT2D eigenvalue weighted by atomic mass is 35.5. The maximum absolute atomic E-state index is 12.1. The Kier molecular flexibility index (Phi) is 7.29. The molecular formula is C19H21ClN2O4. The van der Waals surface area contributed by atoms with Crippen molar-refractivity contribution in [1.29, 1.82) is 0 Å². The average Bonchev–Trinajstić information content (AvgIpc) is 2.67. The van der Waals surface area contributed by atoms with E-state index in [9.17, 15) is 9.59 Å². The highest BCUT2D eigenvalue weighted by Crippen LogP contribution is 2.27. The fourth-order valence-corrected chi connectivity index (χ4v) is 2.43. The van der Waals surface area contributed by atoms with Crippen molar-refractivity contribution in [2.45, 2.75) is 6.42 Å². The van der Waals surface area contributed by atoms with E-state index < -0.39 is 0 Å². The Hall–Kier alpha value is -2.73. The van der Waals surface area contributed by atoms with Crippen LogP contribution in [0.3, 0.4) is 0 Å². The first-order chi connectivity index (χ1) is 12.5. The maximum atomic E-state index is 12.1. The van der Waals surface area contributed by atoms with Gasteiger partial charge >= 0.3 is 0 Å². The van der Waals surface area contributed by atoms with Crippen molar-refractivity contribution in [2.24, 2.45) is 0 Å². The van der Waals surface area contributed by atoms with E-state index in [1.165, 1.54) is 14.2 Å². The van der Waals surface area contributed by atoms with E-state index >= 15 is 0 Å². The number of benzene rings is 2. The number of halogens is 1. The molecule has 26 heavy (non-hydrogen) atoms. The Labute approximate surface area is 157 Å². The molecule has 7 heteroatoms. The van der Waals surface area contributed by atoms with Crippen molar-refractivity contribution in [1.82, 2.24) is 10.6 Å². The van der Waals surface area contributed by atoms with E-state index in [1.807, 2.05) is 24.3 Å². The lowest BCUT2D eigenvalue weighted by molar-refractivity contribution is -0.120. The van der Waals surface area contributed by atoms with Crippen LogP contribution in [-0.2, 0) is 11.2 Å². The number of carbonyl (C=O) groups excluding carboxylic acids is 2. The second-order valence-corrected chi connectivity index (χ2v) is 5.92. The molecular weight excluding hydrogens is 356 g/mol. The molecule has 0 saturated carbocycles. The van der Waals surface area contributed by atoms with Gasteiger partial charge in [0.1, 0.15) is 0 Å². The lowest BCUT2D eigenvalue weighted by Crippen LogP contribution is -2.37. The predicted molar refractivity (Wildman–Crippen MR) is 100 cm³/mol. The van der Waals surface area contributed by atoms with Crippen LogP contribution in [0.25, 0.3) is 0 Å². The summed E-state index contributed by atoms with van der Waals surface area (Å²) < 4.78 is 10.3. The van der Waals surface area contributed by atoms with E-state index in [1.54, 1.807) is 18.2 Å². The number of carbonyl (C=O) groups is 2. The molecule has 0 spiro atoms. The fourth-order valence-electron chi connectivity index (χ4n) is 2.30. The van der Waals surface area contributed by atoms with Crippen molar-refractivity contribution in [3.8, 4) is 11.5 Å². The summed E-state index contributed by atoms with van der Waals surface area (Å²) in [6.07, 6.45) is 0.687. The molecule has 2 aromatic rings. The molecule has 0 aliphatic heterocycles. The zero-order chi connectivity index (χ0) is 18.9. The smallest absolute Gasteiger partial charge is 0.251 e. The third-order valence-electron chi connectivity index (χ3n) is 3.70. The van der Waals surface area contributed by atoms with Gasteiger partial charge < -0.3 is 20.1 Å². The van der Waals surface area contributed by atoms with Gasteiger partial charge in [0.05, 0.1) is 20.8 Å². The Morgan fingerprint density at radius 2 is 1.65 bits per heavy atom. The first-order valence-electron chi connectivity index (χ1n) is 8.05. The van der Waals surface area contributed by atoms with Gasteiger partial charge in [0.2, 0.25) is 5.91 Å². The topological polar surface area (TPSA) is 76.7 Å². The number of methoxy groups -OCH3 is 2. The van der Waals surface area contributed by atoms with Crippen LogP contribution in [0.5, 0.6) is 11.5 Å². The zero-order valence-electron chi connectivity index (χ0n) is 14.7. The fraction of sp³-hybridized carbons (Fsp3) is 0.263. The molecule has 2 rings (SSSR count). The third-order valence-corrected chi connectivity index (χ3v) is 3.96. The number of ether oxygens (including phenoxy) is 2. The first-order valence-corrected chi connectivity index (χ1v) is 8.42. The molecule has 0 atom stereocenters. The van der Waals surface area contributed by atoms with Gasteiger partial charge in [-0.05, 0) is 42.3 Å². The van der Waals surface area contributed by atoms with Crippen molar-refractivity contribution < 1.29 is 19.1 Å². The third kappa shape index (κ3) is 5.67. The summed E-state index contributed by atoms with van der Waals surface area (Å²) in [5, 5.41) is 6.02. The molecule has 2 N–H and O–H groups in total. The van der Waals surface area contributed by atoms with Crippen LogP contribution < -0.4 is 20.1 Å². The minimum absolute atomic E-state index is 0.103. The van der Waals surface area contributed by atoms with Gasteiger partial charge in [-0.3, -0.25) is 9.59 Å². The molecule has 0 saturated heterocycles. The Morgan fingerprint density at radius 3 is 2.31 bits per heavy atom. The molecule has 0 fully saturated rings. The van der Waals surface area contributed by atoms with Crippen LogP contribution in [-0.4, -0.2) is 39.1 Å². The average molecular weight is 377 g/mol. The lowest BCUT2D eigenvalue weighted by atomic mass is 10.1. The van der Waals surface area contributed by atoms with Crippen LogP contribution in [0.15, 0.2) is 42.5 Å². The van der Waals surface area contributed by atoms with Crippen LogP contribution in [0.4, 0.5) is 0 Å². The number of hydrogen-bond acceptors (Lipinski definition) is 4. The molecule has 0 aliphatic carbocycles. The molecule has 0 heterocycles. The Morgan fingerprint density at radius 1 is 0.962 bits per heavy atom. The van der Waals surface area contributed by atoms with Gasteiger partial charge in [0.25, 0.3) is 5.91 Å². The van der Waals surface area contributed by atoms with Crippen LogP contribution in [0.1, 0.15) is 15.9 Å². The van der Waals surface area contributed by atoms with Crippen molar-refractivity contribution in [2.75, 3.05) is 27.3 Å². The van der Waals surface area contributed by atoms with Gasteiger partial charge in [0, 0.05) is 17.1 Å². The largest absolute Gasteiger partial charge is 0.493 e. The Bertz CT molecular complexity index is 763. The van der Waals surface area contributed by atoms with Gasteiger partial charge in [-0.1, -0.05) is 23.7 Å². The van der Waals surface area contributed by atoms with Gasteiger partial charge in [-0.15, -0.1) is 0 Å². The van der Waals surface area contributed by atoms with Gasteiger partial charge in [-0.2, -0.15) is 0 Å². The van der Waals surface area contributed by atoms with E-state index in [2.05, 4.69) is 10.6 Å². The van der Waals surface area contributed by atoms with Crippen molar-refractivity contribution in [3.05, 3.63) is 58.6 Å². The van der Waals surface area contributed by atoms with Gasteiger partial charge in [-0.25, -0.2) is 0 Å². The molecule has 138 valence electrons. The normalized spacial score (nSPS) is 10.1. The summed E-state index contributed by atoms with van der Waals surface area (Å²) in [7, 11) is 3.01. The van der Waals surface area contributed by atoms with E-state index in [0.717, 1.165) is 5.56 Å². The second kappa shape index (κ2) is 9.68. The maximum Gasteiger partial charge on any atom is 0.251 e. The number of hydrogen-bond donors (Lipinski definition) is 2. The quantitative estimate of drug-likeness (QED) is 0.742. The minimum Gasteiger partial charge on any atom is -0.493 e. The highest BCUT2D eigenvalue weighted by Gasteiger charge is 2.11. The Balaban J connectivity index is 1.77. The molecule has 2 aromatic carbocycles.